The van der Waals surface area contributed by atoms with Gasteiger partial charge in [-0.1, -0.05) is 13.8 Å². The molecule has 1 aliphatic rings. The van der Waals surface area contributed by atoms with Crippen LogP contribution in [-0.4, -0.2) is 24.2 Å². The van der Waals surface area contributed by atoms with Crippen LogP contribution in [0.25, 0.3) is 0 Å². The lowest BCUT2D eigenvalue weighted by Gasteiger charge is -2.57. The topological polar surface area (TPSA) is 64.3 Å². The van der Waals surface area contributed by atoms with E-state index in [4.69, 9.17) is 10.5 Å². The van der Waals surface area contributed by atoms with Crippen molar-refractivity contribution in [1.82, 2.24) is 0 Å². The number of amides is 1. The highest BCUT2D eigenvalue weighted by Gasteiger charge is 2.62. The number of rotatable bonds is 4. The number of hydrogen-bond acceptors (Lipinski definition) is 3. The number of carbonyl (C=O) groups excluding carboxylic acids is 1. The van der Waals surface area contributed by atoms with Crippen molar-refractivity contribution in [3.8, 4) is 0 Å². The molecule has 1 aromatic carbocycles. The van der Waals surface area contributed by atoms with Crippen molar-refractivity contribution >= 4 is 24.0 Å². The molecule has 0 radical (unpaired) electrons. The van der Waals surface area contributed by atoms with Crippen molar-refractivity contribution in [1.29, 1.82) is 0 Å². The maximum atomic E-state index is 13.3. The van der Waals surface area contributed by atoms with Gasteiger partial charge in [0.15, 0.2) is 0 Å². The van der Waals surface area contributed by atoms with Gasteiger partial charge in [-0.25, -0.2) is 4.39 Å². The Morgan fingerprint density at radius 2 is 2.00 bits per heavy atom. The number of nitrogens with two attached hydrogens (primary N) is 1. The van der Waals surface area contributed by atoms with Crippen molar-refractivity contribution < 1.29 is 27.1 Å². The highest BCUT2D eigenvalue weighted by Crippen LogP contribution is 2.50. The molecule has 25 heavy (non-hydrogen) atoms. The first-order valence-electron chi connectivity index (χ1n) is 7.52. The van der Waals surface area contributed by atoms with Crippen molar-refractivity contribution in [2.45, 2.75) is 45.0 Å². The van der Waals surface area contributed by atoms with Crippen molar-refractivity contribution in [2.75, 3.05) is 11.9 Å². The number of carbonyl (C=O) groups is 1. The van der Waals surface area contributed by atoms with Crippen LogP contribution in [0.15, 0.2) is 18.2 Å². The number of ether oxygens (including phenoxy) is 1. The van der Waals surface area contributed by atoms with Gasteiger partial charge in [0.05, 0.1) is 11.7 Å². The fourth-order valence-corrected chi connectivity index (χ4v) is 2.88. The summed E-state index contributed by atoms with van der Waals surface area (Å²) in [6.07, 6.45) is -4.80. The molecule has 9 heteroatoms. The van der Waals surface area contributed by atoms with Gasteiger partial charge in [-0.05, 0) is 25.1 Å². The van der Waals surface area contributed by atoms with E-state index < -0.39 is 34.4 Å². The second-order valence-corrected chi connectivity index (χ2v) is 6.49. The molecule has 2 unspecified atom stereocenters. The number of anilines is 1. The Morgan fingerprint density at radius 3 is 2.48 bits per heavy atom. The highest BCUT2D eigenvalue weighted by atomic mass is 35.5. The molecular weight excluding hydrogens is 364 g/mol. The Kier molecular flexibility index (Phi) is 6.14. The van der Waals surface area contributed by atoms with E-state index in [2.05, 4.69) is 5.32 Å². The van der Waals surface area contributed by atoms with Crippen LogP contribution in [0.4, 0.5) is 23.2 Å². The van der Waals surface area contributed by atoms with Crippen LogP contribution in [0.2, 0.25) is 0 Å². The molecule has 0 heterocycles. The van der Waals surface area contributed by atoms with Gasteiger partial charge < -0.3 is 15.8 Å². The smallest absolute Gasteiger partial charge is 0.378 e. The summed E-state index contributed by atoms with van der Waals surface area (Å²) in [6.45, 7) is 5.83. The van der Waals surface area contributed by atoms with Crippen molar-refractivity contribution in [3.63, 3.8) is 0 Å². The Morgan fingerprint density at radius 1 is 1.40 bits per heavy atom. The Hall–Kier alpha value is -1.38. The van der Waals surface area contributed by atoms with E-state index in [0.29, 0.717) is 18.7 Å². The van der Waals surface area contributed by atoms with E-state index in [-0.39, 0.29) is 30.6 Å². The minimum absolute atomic E-state index is 0. The molecule has 1 saturated carbocycles. The van der Waals surface area contributed by atoms with E-state index in [0.717, 1.165) is 6.07 Å². The molecule has 0 saturated heterocycles. The van der Waals surface area contributed by atoms with Crippen LogP contribution < -0.4 is 11.1 Å². The Balaban J connectivity index is 0.00000312. The van der Waals surface area contributed by atoms with Gasteiger partial charge in [0.2, 0.25) is 5.91 Å². The highest BCUT2D eigenvalue weighted by molar-refractivity contribution is 5.99. The molecule has 4 nitrogen and oxygen atoms in total. The zero-order chi connectivity index (χ0) is 18.3. The molecule has 1 amide bonds. The van der Waals surface area contributed by atoms with Crippen molar-refractivity contribution in [3.05, 3.63) is 29.6 Å². The van der Waals surface area contributed by atoms with E-state index in [1.807, 2.05) is 6.92 Å². The molecule has 1 aromatic rings. The molecule has 2 atom stereocenters. The molecule has 3 N–H and O–H groups in total. The SMILES string of the molecule is CCOC1CC(N)(C(=O)Nc2ccc(F)c(C(F)(F)F)c2)C1(C)C.Cl. The predicted molar refractivity (Wildman–Crippen MR) is 88.0 cm³/mol. The molecule has 1 fully saturated rings. The average Bonchev–Trinajstić information content (AvgIpc) is 2.47. The van der Waals surface area contributed by atoms with Gasteiger partial charge >= 0.3 is 6.18 Å². The quantitative estimate of drug-likeness (QED) is 0.777. The monoisotopic (exact) mass is 384 g/mol. The van der Waals surface area contributed by atoms with Crippen LogP contribution in [0.5, 0.6) is 0 Å². The number of halogens is 5. The number of alkyl halides is 3. The summed E-state index contributed by atoms with van der Waals surface area (Å²) in [6, 6.07) is 2.29. The lowest BCUT2D eigenvalue weighted by molar-refractivity contribution is -0.166. The normalized spacial score (nSPS) is 24.9. The average molecular weight is 385 g/mol. The zero-order valence-electron chi connectivity index (χ0n) is 14.0. The predicted octanol–water partition coefficient (Wildman–Crippen LogP) is 3.74. The second-order valence-electron chi connectivity index (χ2n) is 6.49. The fourth-order valence-electron chi connectivity index (χ4n) is 2.88. The van der Waals surface area contributed by atoms with E-state index >= 15 is 0 Å². The molecule has 2 rings (SSSR count). The molecule has 0 spiro atoms. The first-order valence-corrected chi connectivity index (χ1v) is 7.52. The van der Waals surface area contributed by atoms with Gasteiger partial charge in [-0.15, -0.1) is 12.4 Å². The summed E-state index contributed by atoms with van der Waals surface area (Å²) in [7, 11) is 0. The van der Waals surface area contributed by atoms with Crippen LogP contribution >= 0.6 is 12.4 Å². The summed E-state index contributed by atoms with van der Waals surface area (Å²) in [5.41, 5.74) is 2.60. The zero-order valence-corrected chi connectivity index (χ0v) is 14.9. The van der Waals surface area contributed by atoms with Crippen LogP contribution in [0.1, 0.15) is 32.8 Å². The van der Waals surface area contributed by atoms with Gasteiger partial charge in [-0.2, -0.15) is 13.2 Å². The maximum Gasteiger partial charge on any atom is 0.419 e. The van der Waals surface area contributed by atoms with Gasteiger partial charge in [0, 0.05) is 24.1 Å². The second kappa shape index (κ2) is 7.09. The third-order valence-electron chi connectivity index (χ3n) is 4.76. The summed E-state index contributed by atoms with van der Waals surface area (Å²) < 4.78 is 57.0. The lowest BCUT2D eigenvalue weighted by Crippen LogP contribution is -2.74. The van der Waals surface area contributed by atoms with E-state index in [1.54, 1.807) is 13.8 Å². The Labute approximate surface area is 149 Å². The number of benzene rings is 1. The van der Waals surface area contributed by atoms with Crippen LogP contribution in [-0.2, 0) is 15.7 Å². The summed E-state index contributed by atoms with van der Waals surface area (Å²) in [5.74, 6) is -2.02. The fraction of sp³-hybridized carbons (Fsp3) is 0.562. The van der Waals surface area contributed by atoms with Crippen molar-refractivity contribution in [2.24, 2.45) is 11.1 Å². The van der Waals surface area contributed by atoms with E-state index in [9.17, 15) is 22.4 Å². The molecular formula is C16H21ClF4N2O2. The molecule has 0 bridgehead atoms. The summed E-state index contributed by atoms with van der Waals surface area (Å²) in [5, 5.41) is 2.36. The van der Waals surface area contributed by atoms with Crippen LogP contribution in [0.3, 0.4) is 0 Å². The van der Waals surface area contributed by atoms with Crippen LogP contribution in [0, 0.1) is 11.2 Å². The molecule has 0 aromatic heterocycles. The number of nitrogens with one attached hydrogen (secondary N) is 1. The first kappa shape index (κ1) is 21.7. The first-order chi connectivity index (χ1) is 10.9. The van der Waals surface area contributed by atoms with Gasteiger partial charge in [0.1, 0.15) is 11.4 Å². The maximum absolute atomic E-state index is 13.3. The lowest BCUT2D eigenvalue weighted by atomic mass is 9.54. The summed E-state index contributed by atoms with van der Waals surface area (Å²) >= 11 is 0. The third-order valence-corrected chi connectivity index (χ3v) is 4.76. The molecule has 0 aliphatic heterocycles. The number of hydrogen-bond donors (Lipinski definition) is 2. The largest absolute Gasteiger partial charge is 0.419 e. The minimum atomic E-state index is -4.85. The van der Waals surface area contributed by atoms with Gasteiger partial charge in [-0.3, -0.25) is 4.79 Å². The minimum Gasteiger partial charge on any atom is -0.378 e. The van der Waals surface area contributed by atoms with E-state index in [1.165, 1.54) is 0 Å². The summed E-state index contributed by atoms with van der Waals surface area (Å²) in [4.78, 5) is 12.5. The van der Waals surface area contributed by atoms with Gasteiger partial charge in [0.25, 0.3) is 0 Å². The standard InChI is InChI=1S/C16H20F4N2O2.ClH/c1-4-24-12-8-15(21,14(12,2)3)13(23)22-9-5-6-11(17)10(7-9)16(18,19)20;/h5-7,12H,4,8,21H2,1-3H3,(H,22,23);1H. The Bertz CT molecular complexity index is 652. The molecule has 1 aliphatic carbocycles. The molecule has 142 valence electrons. The third kappa shape index (κ3) is 3.75.